The molecule has 4 rings (SSSR count). The van der Waals surface area contributed by atoms with Crippen molar-refractivity contribution in [1.29, 1.82) is 0 Å². The number of thioether (sulfide) groups is 1. The zero-order valence-electron chi connectivity index (χ0n) is 12.6. The fourth-order valence-corrected chi connectivity index (χ4v) is 5.11. The highest BCUT2D eigenvalue weighted by atomic mass is 32.2. The molecular weight excluding hydrogens is 298 g/mol. The van der Waals surface area contributed by atoms with Gasteiger partial charge in [-0.25, -0.2) is 4.98 Å². The summed E-state index contributed by atoms with van der Waals surface area (Å²) in [6.45, 7) is 9.20. The average molecular weight is 319 g/mol. The number of anilines is 1. The van der Waals surface area contributed by atoms with Crippen LogP contribution in [0.25, 0.3) is 10.2 Å². The number of aryl methyl sites for hydroxylation is 2. The van der Waals surface area contributed by atoms with E-state index in [2.05, 4.69) is 47.5 Å². The van der Waals surface area contributed by atoms with Gasteiger partial charge in [0.15, 0.2) is 5.13 Å². The lowest BCUT2D eigenvalue weighted by Gasteiger charge is -2.46. The van der Waals surface area contributed by atoms with Gasteiger partial charge >= 0.3 is 0 Å². The van der Waals surface area contributed by atoms with Gasteiger partial charge in [-0.15, -0.1) is 0 Å². The standard InChI is InChI=1S/C16H21N3S2/c1-11-3-4-14-15(12(11)2)17-16(21-14)19-9-13(10-19)18-5-7-20-8-6-18/h3-4,13H,5-10H2,1-2H3. The Balaban J connectivity index is 1.49. The number of hydrogen-bond donors (Lipinski definition) is 0. The summed E-state index contributed by atoms with van der Waals surface area (Å²) in [5.41, 5.74) is 3.87. The molecule has 0 radical (unpaired) electrons. The second-order valence-electron chi connectivity index (χ2n) is 6.06. The first-order chi connectivity index (χ1) is 10.2. The molecule has 2 aliphatic rings. The molecule has 2 saturated heterocycles. The fraction of sp³-hybridized carbons (Fsp3) is 0.562. The van der Waals surface area contributed by atoms with Crippen LogP contribution in [-0.2, 0) is 0 Å². The van der Waals surface area contributed by atoms with Crippen LogP contribution in [-0.4, -0.2) is 53.6 Å². The Labute approximate surface area is 134 Å². The summed E-state index contributed by atoms with van der Waals surface area (Å²) in [6, 6.07) is 5.18. The van der Waals surface area contributed by atoms with Crippen molar-refractivity contribution >= 4 is 38.4 Å². The van der Waals surface area contributed by atoms with Crippen LogP contribution >= 0.6 is 23.1 Å². The van der Waals surface area contributed by atoms with Gasteiger partial charge in [-0.3, -0.25) is 4.90 Å². The van der Waals surface area contributed by atoms with Gasteiger partial charge in [0.25, 0.3) is 0 Å². The normalized spacial score (nSPS) is 21.0. The third-order valence-electron chi connectivity index (χ3n) is 4.77. The number of benzene rings is 1. The monoisotopic (exact) mass is 319 g/mol. The molecular formula is C16H21N3S2. The molecule has 0 atom stereocenters. The molecule has 1 aromatic heterocycles. The van der Waals surface area contributed by atoms with Crippen LogP contribution in [0.2, 0.25) is 0 Å². The lowest BCUT2D eigenvalue weighted by molar-refractivity contribution is 0.183. The van der Waals surface area contributed by atoms with Crippen LogP contribution in [0.15, 0.2) is 12.1 Å². The van der Waals surface area contributed by atoms with E-state index in [9.17, 15) is 0 Å². The van der Waals surface area contributed by atoms with E-state index < -0.39 is 0 Å². The average Bonchev–Trinajstić information content (AvgIpc) is 2.87. The predicted molar refractivity (Wildman–Crippen MR) is 94.0 cm³/mol. The summed E-state index contributed by atoms with van der Waals surface area (Å²) in [5, 5.41) is 1.21. The van der Waals surface area contributed by atoms with Crippen molar-refractivity contribution < 1.29 is 0 Å². The van der Waals surface area contributed by atoms with Gasteiger partial charge in [-0.05, 0) is 31.0 Å². The Bertz CT molecular complexity index is 655. The van der Waals surface area contributed by atoms with Gasteiger partial charge in [0.1, 0.15) is 0 Å². The van der Waals surface area contributed by atoms with Crippen LogP contribution in [0.4, 0.5) is 5.13 Å². The SMILES string of the molecule is Cc1ccc2sc(N3CC(N4CCSCC4)C3)nc2c1C. The second kappa shape index (κ2) is 5.45. The lowest BCUT2D eigenvalue weighted by atomic mass is 10.1. The molecule has 0 bridgehead atoms. The summed E-state index contributed by atoms with van der Waals surface area (Å²) in [4.78, 5) is 10.0. The Morgan fingerprint density at radius 3 is 2.67 bits per heavy atom. The van der Waals surface area contributed by atoms with E-state index in [1.807, 2.05) is 11.3 Å². The highest BCUT2D eigenvalue weighted by Crippen LogP contribution is 2.34. The van der Waals surface area contributed by atoms with E-state index in [1.165, 1.54) is 51.1 Å². The van der Waals surface area contributed by atoms with E-state index in [1.54, 1.807) is 0 Å². The highest BCUT2D eigenvalue weighted by molar-refractivity contribution is 7.99. The Morgan fingerprint density at radius 2 is 1.90 bits per heavy atom. The first-order valence-corrected chi connectivity index (χ1v) is 9.63. The van der Waals surface area contributed by atoms with Crippen molar-refractivity contribution in [3.8, 4) is 0 Å². The van der Waals surface area contributed by atoms with Gasteiger partial charge < -0.3 is 4.90 Å². The molecule has 0 saturated carbocycles. The molecule has 2 aromatic rings. The van der Waals surface area contributed by atoms with Crippen molar-refractivity contribution in [2.75, 3.05) is 42.6 Å². The summed E-state index contributed by atoms with van der Waals surface area (Å²) in [5.74, 6) is 2.60. The van der Waals surface area contributed by atoms with E-state index in [0.717, 1.165) is 19.1 Å². The number of hydrogen-bond acceptors (Lipinski definition) is 5. The molecule has 2 fully saturated rings. The first-order valence-electron chi connectivity index (χ1n) is 7.66. The van der Waals surface area contributed by atoms with Crippen molar-refractivity contribution in [2.45, 2.75) is 19.9 Å². The fourth-order valence-electron chi connectivity index (χ4n) is 3.13. The third kappa shape index (κ3) is 2.45. The lowest BCUT2D eigenvalue weighted by Crippen LogP contribution is -2.61. The van der Waals surface area contributed by atoms with Gasteiger partial charge in [0.05, 0.1) is 10.2 Å². The molecule has 112 valence electrons. The maximum atomic E-state index is 4.90. The minimum Gasteiger partial charge on any atom is -0.345 e. The molecule has 21 heavy (non-hydrogen) atoms. The quantitative estimate of drug-likeness (QED) is 0.846. The van der Waals surface area contributed by atoms with Crippen LogP contribution < -0.4 is 4.90 Å². The van der Waals surface area contributed by atoms with E-state index in [4.69, 9.17) is 4.98 Å². The van der Waals surface area contributed by atoms with Crippen LogP contribution in [0.1, 0.15) is 11.1 Å². The van der Waals surface area contributed by atoms with E-state index >= 15 is 0 Å². The molecule has 0 unspecified atom stereocenters. The second-order valence-corrected chi connectivity index (χ2v) is 8.29. The molecule has 3 heterocycles. The van der Waals surface area contributed by atoms with E-state index in [0.29, 0.717) is 0 Å². The van der Waals surface area contributed by atoms with E-state index in [-0.39, 0.29) is 0 Å². The van der Waals surface area contributed by atoms with Crippen molar-refractivity contribution in [2.24, 2.45) is 0 Å². The van der Waals surface area contributed by atoms with Crippen molar-refractivity contribution in [3.63, 3.8) is 0 Å². The molecule has 3 nitrogen and oxygen atoms in total. The molecule has 0 amide bonds. The zero-order chi connectivity index (χ0) is 14.4. The van der Waals surface area contributed by atoms with Gasteiger partial charge in [-0.1, -0.05) is 17.4 Å². The number of thiazole rings is 1. The highest BCUT2D eigenvalue weighted by Gasteiger charge is 2.34. The number of aromatic nitrogens is 1. The summed E-state index contributed by atoms with van der Waals surface area (Å²) < 4.78 is 1.32. The molecule has 0 aliphatic carbocycles. The smallest absolute Gasteiger partial charge is 0.186 e. The van der Waals surface area contributed by atoms with Gasteiger partial charge in [0, 0.05) is 43.7 Å². The Kier molecular flexibility index (Phi) is 3.59. The van der Waals surface area contributed by atoms with Crippen LogP contribution in [0.5, 0.6) is 0 Å². The third-order valence-corrected chi connectivity index (χ3v) is 6.79. The summed E-state index contributed by atoms with van der Waals surface area (Å²) in [7, 11) is 0. The topological polar surface area (TPSA) is 19.4 Å². The van der Waals surface area contributed by atoms with Crippen LogP contribution in [0, 0.1) is 13.8 Å². The molecule has 2 aliphatic heterocycles. The van der Waals surface area contributed by atoms with Gasteiger partial charge in [0.2, 0.25) is 0 Å². The first kappa shape index (κ1) is 13.9. The van der Waals surface area contributed by atoms with Gasteiger partial charge in [-0.2, -0.15) is 11.8 Å². The number of fused-ring (bicyclic) bond motifs is 1. The van der Waals surface area contributed by atoms with Crippen LogP contribution in [0.3, 0.4) is 0 Å². The summed E-state index contributed by atoms with van der Waals surface area (Å²) in [6.07, 6.45) is 0. The summed E-state index contributed by atoms with van der Waals surface area (Å²) >= 11 is 3.93. The Morgan fingerprint density at radius 1 is 1.14 bits per heavy atom. The minimum absolute atomic E-state index is 0.751. The number of rotatable bonds is 2. The minimum atomic E-state index is 0.751. The molecule has 0 spiro atoms. The molecule has 1 aromatic carbocycles. The molecule has 5 heteroatoms. The molecule has 0 N–H and O–H groups in total. The Hall–Kier alpha value is -0.780. The largest absolute Gasteiger partial charge is 0.345 e. The van der Waals surface area contributed by atoms with Crippen molar-refractivity contribution in [3.05, 3.63) is 23.3 Å². The maximum Gasteiger partial charge on any atom is 0.186 e. The zero-order valence-corrected chi connectivity index (χ0v) is 14.3. The van der Waals surface area contributed by atoms with Crippen molar-refractivity contribution in [1.82, 2.24) is 9.88 Å². The predicted octanol–water partition coefficient (Wildman–Crippen LogP) is 3.15. The maximum absolute atomic E-state index is 4.90. The number of nitrogens with zero attached hydrogens (tertiary/aromatic N) is 3.